The van der Waals surface area contributed by atoms with Crippen LogP contribution in [-0.2, 0) is 0 Å². The fraction of sp³-hybridized carbons (Fsp3) is 1.00. The van der Waals surface area contributed by atoms with Crippen molar-refractivity contribution in [1.82, 2.24) is 4.72 Å². The minimum absolute atomic E-state index is 0.732. The molecule has 0 aromatic carbocycles. The van der Waals surface area contributed by atoms with E-state index in [2.05, 4.69) is 65.8 Å². The van der Waals surface area contributed by atoms with Crippen molar-refractivity contribution in [1.29, 1.82) is 0 Å². The number of rotatable bonds is 13. The van der Waals surface area contributed by atoms with E-state index in [1.807, 2.05) is 11.8 Å². The van der Waals surface area contributed by atoms with Gasteiger partial charge in [-0.2, -0.15) is 22.0 Å². The lowest BCUT2D eigenvalue weighted by molar-refractivity contribution is 0.513. The van der Waals surface area contributed by atoms with Gasteiger partial charge in [0.2, 0.25) is 0 Å². The van der Waals surface area contributed by atoms with E-state index in [4.69, 9.17) is 0 Å². The Morgan fingerprint density at radius 1 is 0.870 bits per heavy atom. The molecule has 1 nitrogen and oxygen atoms in total. The molecule has 0 rings (SSSR count). The molecule has 0 aliphatic heterocycles. The van der Waals surface area contributed by atoms with Gasteiger partial charge < -0.3 is 0 Å². The Morgan fingerprint density at radius 2 is 1.39 bits per heavy atom. The van der Waals surface area contributed by atoms with Crippen LogP contribution < -0.4 is 4.72 Å². The first kappa shape index (κ1) is 23.7. The first-order valence-corrected chi connectivity index (χ1v) is 13.1. The molecule has 0 fully saturated rings. The number of hydrogen-bond donors (Lipinski definition) is 1. The number of hydrogen-bond acceptors (Lipinski definition) is 2. The van der Waals surface area contributed by atoms with Crippen molar-refractivity contribution in [3.05, 3.63) is 0 Å². The quantitative estimate of drug-likeness (QED) is 0.365. The average molecular weight is 364 g/mol. The lowest BCUT2D eigenvalue weighted by atomic mass is 10.0. The zero-order chi connectivity index (χ0) is 18.0. The highest BCUT2D eigenvalue weighted by molar-refractivity contribution is 8.32. The van der Waals surface area contributed by atoms with Crippen LogP contribution in [0.3, 0.4) is 0 Å². The molecule has 0 aliphatic carbocycles. The maximum atomic E-state index is 3.81. The molecule has 0 bridgehead atoms. The Morgan fingerprint density at radius 3 is 1.78 bits per heavy atom. The highest BCUT2D eigenvalue weighted by Gasteiger charge is 2.37. The average Bonchev–Trinajstić information content (AvgIpc) is 2.49. The highest BCUT2D eigenvalue weighted by atomic mass is 32.3. The van der Waals surface area contributed by atoms with E-state index in [1.54, 1.807) is 0 Å². The summed E-state index contributed by atoms with van der Waals surface area (Å²) in [6.45, 7) is 14.4. The Balaban J connectivity index is 4.54. The van der Waals surface area contributed by atoms with Gasteiger partial charge in [-0.3, -0.25) is 4.72 Å². The summed E-state index contributed by atoms with van der Waals surface area (Å²) in [5.74, 6) is 1.61. The van der Waals surface area contributed by atoms with Gasteiger partial charge in [0.15, 0.2) is 0 Å². The maximum Gasteiger partial charge on any atom is 0.0144 e. The third-order valence-electron chi connectivity index (χ3n) is 5.47. The molecule has 0 aliphatic rings. The van der Waals surface area contributed by atoms with E-state index in [1.165, 1.54) is 38.5 Å². The topological polar surface area (TPSA) is 12.0 Å². The molecule has 0 heterocycles. The Bertz CT molecular complexity index is 293. The second-order valence-corrected chi connectivity index (χ2v) is 13.2. The zero-order valence-corrected chi connectivity index (χ0v) is 19.1. The number of unbranched alkanes of at least 4 members (excludes halogenated alkanes) is 3. The predicted octanol–water partition coefficient (Wildman–Crippen LogP) is 6.72. The van der Waals surface area contributed by atoms with Gasteiger partial charge >= 0.3 is 0 Å². The minimum atomic E-state index is -0.784. The molecule has 0 spiro atoms. The summed E-state index contributed by atoms with van der Waals surface area (Å²) in [6.07, 6.45) is 13.3. The van der Waals surface area contributed by atoms with Crippen molar-refractivity contribution in [2.45, 2.75) is 95.8 Å². The predicted molar refractivity (Wildman–Crippen MR) is 116 cm³/mol. The zero-order valence-electron chi connectivity index (χ0n) is 17.4. The van der Waals surface area contributed by atoms with Gasteiger partial charge in [-0.1, -0.05) is 73.6 Å². The largest absolute Gasteiger partial charge is 0.284 e. The van der Waals surface area contributed by atoms with Gasteiger partial charge in [-0.25, -0.2) is 0 Å². The molecule has 0 radical (unpaired) electrons. The van der Waals surface area contributed by atoms with Crippen molar-refractivity contribution in [3.63, 3.8) is 0 Å². The summed E-state index contributed by atoms with van der Waals surface area (Å²) in [7, 11) is 1.42. The van der Waals surface area contributed by atoms with E-state index in [9.17, 15) is 0 Å². The third-order valence-corrected chi connectivity index (χ3v) is 11.6. The normalized spacial score (nSPS) is 20.3. The first-order valence-electron chi connectivity index (χ1n) is 9.67. The fourth-order valence-electron chi connectivity index (χ4n) is 3.83. The van der Waals surface area contributed by atoms with Crippen molar-refractivity contribution >= 4 is 22.0 Å². The Kier molecular flexibility index (Phi) is 12.4. The van der Waals surface area contributed by atoms with Gasteiger partial charge in [0, 0.05) is 10.5 Å². The SMILES string of the molecule is CNS(C)(C(C)CCCCCCC(C)C)C(C(C)C)C(C)SC. The molecule has 0 amide bonds. The molecule has 4 unspecified atom stereocenters. The van der Waals surface area contributed by atoms with Gasteiger partial charge in [-0.15, -0.1) is 0 Å². The first-order chi connectivity index (χ1) is 10.7. The minimum Gasteiger partial charge on any atom is -0.284 e. The summed E-state index contributed by atoms with van der Waals surface area (Å²) in [4.78, 5) is 0. The lowest BCUT2D eigenvalue weighted by Gasteiger charge is -2.52. The second kappa shape index (κ2) is 12.1. The smallest absolute Gasteiger partial charge is 0.0144 e. The van der Waals surface area contributed by atoms with Crippen molar-refractivity contribution in [3.8, 4) is 0 Å². The lowest BCUT2D eigenvalue weighted by Crippen LogP contribution is -2.42. The molecule has 0 aromatic heterocycles. The highest BCUT2D eigenvalue weighted by Crippen LogP contribution is 2.56. The van der Waals surface area contributed by atoms with Crippen LogP contribution in [0.5, 0.6) is 0 Å². The van der Waals surface area contributed by atoms with Crippen LogP contribution in [0.2, 0.25) is 0 Å². The maximum absolute atomic E-state index is 3.81. The molecule has 0 saturated carbocycles. The molecule has 142 valence electrons. The molecule has 3 heteroatoms. The molecule has 23 heavy (non-hydrogen) atoms. The molecular weight excluding hydrogens is 318 g/mol. The Labute approximate surface area is 154 Å². The van der Waals surface area contributed by atoms with Crippen LogP contribution >= 0.6 is 22.0 Å². The third kappa shape index (κ3) is 8.05. The molecule has 1 N–H and O–H groups in total. The van der Waals surface area contributed by atoms with E-state index in [0.29, 0.717) is 0 Å². The summed E-state index contributed by atoms with van der Waals surface area (Å²) >= 11 is 2.04. The number of thioether (sulfide) groups is 1. The van der Waals surface area contributed by atoms with E-state index >= 15 is 0 Å². The van der Waals surface area contributed by atoms with Gasteiger partial charge in [0.05, 0.1) is 0 Å². The van der Waals surface area contributed by atoms with Crippen LogP contribution in [0.4, 0.5) is 0 Å². The second-order valence-electron chi connectivity index (χ2n) is 8.10. The number of nitrogens with one attached hydrogen (secondary N) is 1. The van der Waals surface area contributed by atoms with E-state index in [-0.39, 0.29) is 0 Å². The van der Waals surface area contributed by atoms with Crippen LogP contribution in [0, 0.1) is 11.8 Å². The van der Waals surface area contributed by atoms with E-state index < -0.39 is 10.2 Å². The summed E-state index contributed by atoms with van der Waals surface area (Å²) < 4.78 is 3.81. The standard InChI is InChI=1S/C20H45NS2/c1-16(2)14-12-10-11-13-15-18(5)23(9,21-7)20(17(3)4)19(6)22-8/h16-21H,10-15H2,1-9H3. The summed E-state index contributed by atoms with van der Waals surface area (Å²) in [5.41, 5.74) is 0. The van der Waals surface area contributed by atoms with E-state index in [0.717, 1.165) is 27.6 Å². The molecule has 0 aromatic rings. The van der Waals surface area contributed by atoms with Crippen molar-refractivity contribution < 1.29 is 0 Å². The van der Waals surface area contributed by atoms with Crippen molar-refractivity contribution in [2.75, 3.05) is 19.6 Å². The summed E-state index contributed by atoms with van der Waals surface area (Å²) in [5, 5.41) is 2.33. The van der Waals surface area contributed by atoms with Gasteiger partial charge in [-0.05, 0) is 43.1 Å². The summed E-state index contributed by atoms with van der Waals surface area (Å²) in [6, 6.07) is 0. The van der Waals surface area contributed by atoms with Crippen LogP contribution in [-0.4, -0.2) is 35.3 Å². The fourth-order valence-corrected chi connectivity index (χ4v) is 9.23. The van der Waals surface area contributed by atoms with Crippen LogP contribution in [0.25, 0.3) is 0 Å². The van der Waals surface area contributed by atoms with Gasteiger partial charge in [0.25, 0.3) is 0 Å². The van der Waals surface area contributed by atoms with Crippen molar-refractivity contribution in [2.24, 2.45) is 11.8 Å². The van der Waals surface area contributed by atoms with Crippen LogP contribution in [0.15, 0.2) is 0 Å². The molecular formula is C20H45NS2. The van der Waals surface area contributed by atoms with Gasteiger partial charge in [0.1, 0.15) is 0 Å². The monoisotopic (exact) mass is 363 g/mol. The molecule has 0 saturated heterocycles. The van der Waals surface area contributed by atoms with Crippen LogP contribution in [0.1, 0.15) is 80.1 Å². The molecule has 4 atom stereocenters. The Hall–Kier alpha value is 0.660.